The second-order valence-corrected chi connectivity index (χ2v) is 6.72. The standard InChI is InChI=1S/C14H15NOS/c1-12(2)13-4-3-10(16)5-14(12,13)15-6-9-7-17-8-11(9)13/h3-4,7-8,15H,5-6H2,1-2H3/t13-,14+/m1/s1. The van der Waals surface area contributed by atoms with Gasteiger partial charge >= 0.3 is 0 Å². The molecule has 0 saturated heterocycles. The van der Waals surface area contributed by atoms with E-state index in [4.69, 9.17) is 0 Å². The van der Waals surface area contributed by atoms with Crippen molar-refractivity contribution in [1.82, 2.24) is 5.32 Å². The summed E-state index contributed by atoms with van der Waals surface area (Å²) in [4.78, 5) is 11.8. The Balaban J connectivity index is 2.03. The second kappa shape index (κ2) is 2.57. The quantitative estimate of drug-likeness (QED) is 0.760. The Morgan fingerprint density at radius 1 is 1.35 bits per heavy atom. The van der Waals surface area contributed by atoms with Gasteiger partial charge in [-0.05, 0) is 33.4 Å². The van der Waals surface area contributed by atoms with Crippen LogP contribution in [0.5, 0.6) is 0 Å². The van der Waals surface area contributed by atoms with Gasteiger partial charge in [-0.1, -0.05) is 19.9 Å². The number of fused-ring (bicyclic) bond motifs is 1. The van der Waals surface area contributed by atoms with Crippen LogP contribution in [-0.4, -0.2) is 11.3 Å². The number of carbonyl (C=O) groups excluding carboxylic acids is 1. The maximum atomic E-state index is 11.8. The van der Waals surface area contributed by atoms with Crippen LogP contribution in [0, 0.1) is 5.41 Å². The zero-order chi connectivity index (χ0) is 11.9. The van der Waals surface area contributed by atoms with Crippen molar-refractivity contribution >= 4 is 17.1 Å². The molecule has 4 rings (SSSR count). The van der Waals surface area contributed by atoms with Gasteiger partial charge in [0.1, 0.15) is 0 Å². The first-order chi connectivity index (χ1) is 8.05. The van der Waals surface area contributed by atoms with Crippen LogP contribution in [0.2, 0.25) is 0 Å². The largest absolute Gasteiger partial charge is 0.305 e. The van der Waals surface area contributed by atoms with Crippen molar-refractivity contribution in [3.05, 3.63) is 34.0 Å². The molecule has 1 fully saturated rings. The van der Waals surface area contributed by atoms with Crippen LogP contribution >= 0.6 is 11.3 Å². The van der Waals surface area contributed by atoms with Crippen LogP contribution in [0.15, 0.2) is 22.9 Å². The molecule has 0 spiro atoms. The van der Waals surface area contributed by atoms with Gasteiger partial charge < -0.3 is 5.32 Å². The lowest BCUT2D eigenvalue weighted by Crippen LogP contribution is -2.45. The molecule has 1 aromatic heterocycles. The van der Waals surface area contributed by atoms with E-state index in [-0.39, 0.29) is 22.2 Å². The summed E-state index contributed by atoms with van der Waals surface area (Å²) in [7, 11) is 0. The highest BCUT2D eigenvalue weighted by molar-refractivity contribution is 7.08. The number of rotatable bonds is 0. The summed E-state index contributed by atoms with van der Waals surface area (Å²) in [6, 6.07) is 0. The average molecular weight is 245 g/mol. The SMILES string of the molecule is CC1(C)[C@@]23CC(=O)C=C[C@@]12c1cscc1CN3. The minimum absolute atomic E-state index is 0.0279. The molecule has 0 radical (unpaired) electrons. The predicted octanol–water partition coefficient (Wildman–Crippen LogP) is 2.40. The maximum Gasteiger partial charge on any atom is 0.157 e. The summed E-state index contributed by atoms with van der Waals surface area (Å²) >= 11 is 1.78. The molecule has 1 aromatic rings. The Morgan fingerprint density at radius 3 is 3.00 bits per heavy atom. The summed E-state index contributed by atoms with van der Waals surface area (Å²) in [5.74, 6) is 0.261. The van der Waals surface area contributed by atoms with Crippen molar-refractivity contribution in [2.75, 3.05) is 0 Å². The predicted molar refractivity (Wildman–Crippen MR) is 68.1 cm³/mol. The van der Waals surface area contributed by atoms with Crippen LogP contribution in [0.25, 0.3) is 0 Å². The maximum absolute atomic E-state index is 11.8. The number of thiophene rings is 1. The molecule has 0 bridgehead atoms. The number of ketones is 1. The number of hydrogen-bond acceptors (Lipinski definition) is 3. The third-order valence-electron chi connectivity index (χ3n) is 5.37. The molecule has 2 aliphatic carbocycles. The van der Waals surface area contributed by atoms with Gasteiger partial charge in [-0.15, -0.1) is 0 Å². The third kappa shape index (κ3) is 0.790. The van der Waals surface area contributed by atoms with Crippen molar-refractivity contribution in [3.8, 4) is 0 Å². The van der Waals surface area contributed by atoms with Crippen molar-refractivity contribution in [2.45, 2.75) is 37.8 Å². The second-order valence-electron chi connectivity index (χ2n) is 5.98. The van der Waals surface area contributed by atoms with Crippen molar-refractivity contribution in [2.24, 2.45) is 5.41 Å². The molecule has 17 heavy (non-hydrogen) atoms. The Hall–Kier alpha value is -0.930. The van der Waals surface area contributed by atoms with E-state index in [1.807, 2.05) is 0 Å². The third-order valence-corrected chi connectivity index (χ3v) is 6.16. The number of hydrogen-bond donors (Lipinski definition) is 1. The number of allylic oxidation sites excluding steroid dienone is 1. The molecule has 1 aliphatic heterocycles. The van der Waals surface area contributed by atoms with Crippen LogP contribution in [0.4, 0.5) is 0 Å². The summed E-state index contributed by atoms with van der Waals surface area (Å²) in [6.07, 6.45) is 4.60. The fourth-order valence-electron chi connectivity index (χ4n) is 4.38. The minimum atomic E-state index is -0.0279. The molecule has 3 aliphatic rings. The monoisotopic (exact) mass is 245 g/mol. The molecule has 2 heterocycles. The van der Waals surface area contributed by atoms with Gasteiger partial charge in [0.25, 0.3) is 0 Å². The molecule has 0 aromatic carbocycles. The van der Waals surface area contributed by atoms with E-state index in [1.54, 1.807) is 17.4 Å². The van der Waals surface area contributed by atoms with E-state index in [9.17, 15) is 4.79 Å². The Labute approximate surface area is 105 Å². The first-order valence-electron chi connectivity index (χ1n) is 6.08. The fourth-order valence-corrected chi connectivity index (χ4v) is 5.30. The molecular weight excluding hydrogens is 230 g/mol. The van der Waals surface area contributed by atoms with Gasteiger partial charge in [0.15, 0.2) is 5.78 Å². The van der Waals surface area contributed by atoms with Crippen molar-refractivity contribution < 1.29 is 4.79 Å². The van der Waals surface area contributed by atoms with E-state index < -0.39 is 0 Å². The highest BCUT2D eigenvalue weighted by atomic mass is 32.1. The normalized spacial score (nSPS) is 40.5. The lowest BCUT2D eigenvalue weighted by molar-refractivity contribution is -0.115. The molecule has 1 N–H and O–H groups in total. The molecule has 2 nitrogen and oxygen atoms in total. The average Bonchev–Trinajstić information content (AvgIpc) is 2.67. The number of nitrogens with one attached hydrogen (secondary N) is 1. The van der Waals surface area contributed by atoms with Crippen molar-refractivity contribution in [3.63, 3.8) is 0 Å². The van der Waals surface area contributed by atoms with Crippen LogP contribution in [0.1, 0.15) is 31.4 Å². The van der Waals surface area contributed by atoms with Gasteiger partial charge in [-0.3, -0.25) is 4.79 Å². The summed E-state index contributed by atoms with van der Waals surface area (Å²) in [5, 5.41) is 8.17. The van der Waals surface area contributed by atoms with Crippen LogP contribution < -0.4 is 5.32 Å². The number of carbonyl (C=O) groups is 1. The molecular formula is C14H15NOS. The minimum Gasteiger partial charge on any atom is -0.305 e. The molecule has 88 valence electrons. The van der Waals surface area contributed by atoms with E-state index in [1.165, 1.54) is 11.1 Å². The molecule has 1 saturated carbocycles. The summed E-state index contributed by atoms with van der Waals surface area (Å²) in [5.41, 5.74) is 3.03. The highest BCUT2D eigenvalue weighted by Crippen LogP contribution is 2.77. The zero-order valence-corrected chi connectivity index (χ0v) is 10.9. The van der Waals surface area contributed by atoms with Gasteiger partial charge in [-0.2, -0.15) is 11.3 Å². The van der Waals surface area contributed by atoms with E-state index >= 15 is 0 Å². The summed E-state index contributed by atoms with van der Waals surface area (Å²) in [6.45, 7) is 5.48. The Bertz CT molecular complexity index is 571. The van der Waals surface area contributed by atoms with Crippen molar-refractivity contribution in [1.29, 1.82) is 0 Å². The first kappa shape index (κ1) is 10.0. The Morgan fingerprint density at radius 2 is 2.18 bits per heavy atom. The van der Waals surface area contributed by atoms with Gasteiger partial charge in [-0.25, -0.2) is 0 Å². The highest BCUT2D eigenvalue weighted by Gasteiger charge is 2.83. The van der Waals surface area contributed by atoms with E-state index in [0.29, 0.717) is 6.42 Å². The van der Waals surface area contributed by atoms with Gasteiger partial charge in [0.05, 0.1) is 0 Å². The molecule has 3 heteroatoms. The molecule has 2 atom stereocenters. The van der Waals surface area contributed by atoms with Gasteiger partial charge in [0, 0.05) is 23.9 Å². The van der Waals surface area contributed by atoms with Gasteiger partial charge in [0.2, 0.25) is 0 Å². The lowest BCUT2D eigenvalue weighted by Gasteiger charge is -2.31. The zero-order valence-electron chi connectivity index (χ0n) is 10.0. The molecule has 0 unspecified atom stereocenters. The van der Waals surface area contributed by atoms with Crippen LogP contribution in [-0.2, 0) is 16.8 Å². The first-order valence-corrected chi connectivity index (χ1v) is 7.02. The topological polar surface area (TPSA) is 29.1 Å². The van der Waals surface area contributed by atoms with E-state index in [2.05, 4.69) is 36.0 Å². The van der Waals surface area contributed by atoms with E-state index in [0.717, 1.165) is 6.54 Å². The van der Waals surface area contributed by atoms with Crippen LogP contribution in [0.3, 0.4) is 0 Å². The molecule has 0 amide bonds. The lowest BCUT2D eigenvalue weighted by atomic mass is 9.80. The Kier molecular flexibility index (Phi) is 1.52. The summed E-state index contributed by atoms with van der Waals surface area (Å²) < 4.78 is 0. The smallest absolute Gasteiger partial charge is 0.157 e. The fraction of sp³-hybridized carbons (Fsp3) is 0.500.